The van der Waals surface area contributed by atoms with Crippen LogP contribution in [0.15, 0.2) is 36.0 Å². The van der Waals surface area contributed by atoms with Crippen molar-refractivity contribution in [2.45, 2.75) is 86.5 Å². The molecule has 0 aromatic heterocycles. The Balaban J connectivity index is 1.55. The Morgan fingerprint density at radius 3 is 2.57 bits per heavy atom. The van der Waals surface area contributed by atoms with Crippen molar-refractivity contribution in [3.63, 3.8) is 0 Å². The molecule has 8 atom stereocenters. The van der Waals surface area contributed by atoms with E-state index < -0.39 is 0 Å². The standard InChI is InChI=1S/C29H44O/c1-7-21(19(2)3)12-11-20(4)23-13-14-24-22-18-27(30)26-10-8-9-16-28(26,5)25(22)15-17-29(23,24)6/h8-12,19-25H,7,13-18H2,1-6H3/b12-11+/t20-,21-,22+,23-,24+,25+,28-,29-/m1/s1. The van der Waals surface area contributed by atoms with Gasteiger partial charge in [0.05, 0.1) is 0 Å². The van der Waals surface area contributed by atoms with Gasteiger partial charge in [-0.15, -0.1) is 0 Å². The molecule has 0 saturated heterocycles. The van der Waals surface area contributed by atoms with Crippen molar-refractivity contribution < 1.29 is 4.79 Å². The van der Waals surface area contributed by atoms with Gasteiger partial charge in [0.25, 0.3) is 0 Å². The molecule has 0 unspecified atom stereocenters. The molecule has 166 valence electrons. The SMILES string of the molecule is CC[C@H](/C=C/[C@@H](C)[C@H]1CC[C@H]2[C@@H]3CC(=O)C4=CC=CC[C@]4(C)[C@H]3CC[C@]12C)C(C)C. The molecule has 4 rings (SSSR count). The normalized spacial score (nSPS) is 42.6. The molecule has 3 saturated carbocycles. The highest BCUT2D eigenvalue weighted by Gasteiger charge is 2.60. The van der Waals surface area contributed by atoms with Crippen molar-refractivity contribution in [1.82, 2.24) is 0 Å². The molecule has 0 aromatic carbocycles. The van der Waals surface area contributed by atoms with Gasteiger partial charge in [0.1, 0.15) is 0 Å². The van der Waals surface area contributed by atoms with E-state index >= 15 is 0 Å². The Hall–Kier alpha value is -1.11. The molecular weight excluding hydrogens is 364 g/mol. The summed E-state index contributed by atoms with van der Waals surface area (Å²) >= 11 is 0. The second-order valence-corrected chi connectivity index (χ2v) is 11.9. The quantitative estimate of drug-likeness (QED) is 0.424. The minimum Gasteiger partial charge on any atom is -0.295 e. The van der Waals surface area contributed by atoms with Crippen molar-refractivity contribution in [2.75, 3.05) is 0 Å². The van der Waals surface area contributed by atoms with Crippen LogP contribution in [0.2, 0.25) is 0 Å². The Morgan fingerprint density at radius 1 is 1.10 bits per heavy atom. The molecule has 0 radical (unpaired) electrons. The summed E-state index contributed by atoms with van der Waals surface area (Å²) in [6.45, 7) is 14.5. The third-order valence-corrected chi connectivity index (χ3v) is 10.2. The smallest absolute Gasteiger partial charge is 0.159 e. The number of fused-ring (bicyclic) bond motifs is 5. The minimum absolute atomic E-state index is 0.0886. The van der Waals surface area contributed by atoms with Gasteiger partial charge >= 0.3 is 0 Å². The number of Topliss-reactive ketones (excluding diaryl/α,β-unsaturated/α-hetero) is 1. The van der Waals surface area contributed by atoms with E-state index in [-0.39, 0.29) is 5.41 Å². The van der Waals surface area contributed by atoms with Gasteiger partial charge < -0.3 is 0 Å². The van der Waals surface area contributed by atoms with Crippen molar-refractivity contribution in [3.05, 3.63) is 36.0 Å². The van der Waals surface area contributed by atoms with E-state index in [1.54, 1.807) is 0 Å². The van der Waals surface area contributed by atoms with Gasteiger partial charge in [-0.05, 0) is 85.4 Å². The Bertz CT molecular complexity index is 754. The van der Waals surface area contributed by atoms with E-state index in [0.717, 1.165) is 36.2 Å². The van der Waals surface area contributed by atoms with Gasteiger partial charge in [0.2, 0.25) is 0 Å². The molecule has 0 N–H and O–H groups in total. The molecule has 0 aliphatic heterocycles. The van der Waals surface area contributed by atoms with Crippen LogP contribution in [0.1, 0.15) is 86.5 Å². The lowest BCUT2D eigenvalue weighted by Gasteiger charge is -2.57. The molecule has 4 aliphatic carbocycles. The summed E-state index contributed by atoms with van der Waals surface area (Å²) in [6, 6.07) is 0. The first-order valence-electron chi connectivity index (χ1n) is 12.8. The monoisotopic (exact) mass is 408 g/mol. The molecule has 0 heterocycles. The third kappa shape index (κ3) is 3.39. The molecule has 0 spiro atoms. The second kappa shape index (κ2) is 8.10. The fourth-order valence-electron chi connectivity index (χ4n) is 8.41. The fraction of sp³-hybridized carbons (Fsp3) is 0.759. The number of carbonyl (C=O) groups excluding carboxylic acids is 1. The molecule has 1 heteroatoms. The first-order chi connectivity index (χ1) is 14.2. The van der Waals surface area contributed by atoms with Crippen LogP contribution < -0.4 is 0 Å². The largest absolute Gasteiger partial charge is 0.295 e. The van der Waals surface area contributed by atoms with Crippen LogP contribution in [-0.4, -0.2) is 5.78 Å². The summed E-state index contributed by atoms with van der Waals surface area (Å²) in [5.74, 6) is 5.33. The predicted molar refractivity (Wildman–Crippen MR) is 127 cm³/mol. The van der Waals surface area contributed by atoms with Crippen molar-refractivity contribution in [2.24, 2.45) is 52.3 Å². The maximum absolute atomic E-state index is 13.2. The van der Waals surface area contributed by atoms with E-state index in [1.165, 1.54) is 32.1 Å². The molecular formula is C29H44O. The summed E-state index contributed by atoms with van der Waals surface area (Å²) < 4.78 is 0. The highest BCUT2D eigenvalue weighted by atomic mass is 16.1. The van der Waals surface area contributed by atoms with Crippen LogP contribution in [0.3, 0.4) is 0 Å². The van der Waals surface area contributed by atoms with Gasteiger partial charge in [-0.1, -0.05) is 71.9 Å². The van der Waals surface area contributed by atoms with E-state index in [9.17, 15) is 4.79 Å². The first-order valence-corrected chi connectivity index (χ1v) is 12.8. The van der Waals surface area contributed by atoms with Crippen LogP contribution in [0, 0.1) is 52.3 Å². The number of ketones is 1. The highest BCUT2D eigenvalue weighted by Crippen LogP contribution is 2.66. The number of allylic oxidation sites excluding steroid dienone is 6. The van der Waals surface area contributed by atoms with E-state index in [4.69, 9.17) is 0 Å². The molecule has 1 nitrogen and oxygen atoms in total. The van der Waals surface area contributed by atoms with Crippen LogP contribution in [0.25, 0.3) is 0 Å². The maximum atomic E-state index is 13.2. The van der Waals surface area contributed by atoms with Crippen LogP contribution in [0.5, 0.6) is 0 Å². The molecule has 0 aromatic rings. The molecule has 0 amide bonds. The lowest BCUT2D eigenvalue weighted by molar-refractivity contribution is -0.128. The Kier molecular flexibility index (Phi) is 5.97. The average molecular weight is 409 g/mol. The van der Waals surface area contributed by atoms with Gasteiger partial charge in [0.15, 0.2) is 5.78 Å². The Labute approximate surface area is 185 Å². The van der Waals surface area contributed by atoms with Crippen molar-refractivity contribution in [1.29, 1.82) is 0 Å². The highest BCUT2D eigenvalue weighted by molar-refractivity contribution is 5.98. The summed E-state index contributed by atoms with van der Waals surface area (Å²) in [5.41, 5.74) is 1.64. The van der Waals surface area contributed by atoms with E-state index in [1.807, 2.05) is 0 Å². The van der Waals surface area contributed by atoms with Crippen molar-refractivity contribution in [3.8, 4) is 0 Å². The summed E-state index contributed by atoms with van der Waals surface area (Å²) in [6.07, 6.45) is 20.1. The van der Waals surface area contributed by atoms with Gasteiger partial charge in [0, 0.05) is 17.4 Å². The summed E-state index contributed by atoms with van der Waals surface area (Å²) in [4.78, 5) is 13.2. The van der Waals surface area contributed by atoms with Crippen molar-refractivity contribution >= 4 is 5.78 Å². The lowest BCUT2D eigenvalue weighted by atomic mass is 9.46. The summed E-state index contributed by atoms with van der Waals surface area (Å²) in [5, 5.41) is 0. The zero-order valence-electron chi connectivity index (χ0n) is 20.3. The molecule has 3 fully saturated rings. The zero-order valence-corrected chi connectivity index (χ0v) is 20.3. The van der Waals surface area contributed by atoms with Gasteiger partial charge in [-0.2, -0.15) is 0 Å². The van der Waals surface area contributed by atoms with E-state index in [0.29, 0.717) is 34.9 Å². The average Bonchev–Trinajstić information content (AvgIpc) is 3.05. The third-order valence-electron chi connectivity index (χ3n) is 10.2. The van der Waals surface area contributed by atoms with Gasteiger partial charge in [-0.25, -0.2) is 0 Å². The first kappa shape index (κ1) is 22.1. The van der Waals surface area contributed by atoms with Gasteiger partial charge in [-0.3, -0.25) is 4.79 Å². The molecule has 0 bridgehead atoms. The second-order valence-electron chi connectivity index (χ2n) is 11.9. The van der Waals surface area contributed by atoms with Crippen LogP contribution >= 0.6 is 0 Å². The number of hydrogen-bond acceptors (Lipinski definition) is 1. The molecule has 4 aliphatic rings. The fourth-order valence-corrected chi connectivity index (χ4v) is 8.41. The number of rotatable bonds is 5. The summed E-state index contributed by atoms with van der Waals surface area (Å²) in [7, 11) is 0. The molecule has 30 heavy (non-hydrogen) atoms. The maximum Gasteiger partial charge on any atom is 0.159 e. The lowest BCUT2D eigenvalue weighted by Crippen LogP contribution is -2.52. The van der Waals surface area contributed by atoms with Crippen LogP contribution in [-0.2, 0) is 4.79 Å². The number of carbonyl (C=O) groups is 1. The predicted octanol–water partition coefficient (Wildman–Crippen LogP) is 7.79. The van der Waals surface area contributed by atoms with Crippen LogP contribution in [0.4, 0.5) is 0 Å². The zero-order chi connectivity index (χ0) is 21.7. The number of hydrogen-bond donors (Lipinski definition) is 0. The van der Waals surface area contributed by atoms with E-state index in [2.05, 4.69) is 71.9 Å². The topological polar surface area (TPSA) is 17.1 Å². The minimum atomic E-state index is 0.0886. The Morgan fingerprint density at radius 2 is 1.87 bits per heavy atom.